The number of nitrogens with zero attached hydrogens (tertiary/aromatic N) is 1. The van der Waals surface area contributed by atoms with E-state index in [-0.39, 0.29) is 11.5 Å². The van der Waals surface area contributed by atoms with Gasteiger partial charge in [0.25, 0.3) is 0 Å². The smallest absolute Gasteiger partial charge is 0.411 e. The summed E-state index contributed by atoms with van der Waals surface area (Å²) in [5.74, 6) is 0.946. The molecule has 1 rings (SSSR count). The molecule has 0 aliphatic carbocycles. The Balaban J connectivity index is 2.52. The highest BCUT2D eigenvalue weighted by Crippen LogP contribution is 2.24. The molecule has 1 aliphatic heterocycles. The summed E-state index contributed by atoms with van der Waals surface area (Å²) in [6.07, 6.45) is -0.252. The van der Waals surface area contributed by atoms with Crippen molar-refractivity contribution >= 4 is 17.9 Å². The van der Waals surface area contributed by atoms with Crippen LogP contribution in [-0.4, -0.2) is 40.8 Å². The molecule has 0 radical (unpaired) electrons. The van der Waals surface area contributed by atoms with Crippen LogP contribution in [-0.2, 0) is 4.74 Å². The maximum absolute atomic E-state index is 11.7. The molecule has 0 aromatic heterocycles. The number of carbonyl (C=O) groups is 1. The minimum Gasteiger partial charge on any atom is -0.444 e. The Kier molecular flexibility index (Phi) is 3.66. The van der Waals surface area contributed by atoms with E-state index in [1.165, 1.54) is 0 Å². The van der Waals surface area contributed by atoms with Crippen LogP contribution < -0.4 is 5.73 Å². The zero-order valence-electron chi connectivity index (χ0n) is 8.95. The molecule has 0 spiro atoms. The molecular formula is C9H18N2O2S. The lowest BCUT2D eigenvalue weighted by molar-refractivity contribution is 0.0259. The largest absolute Gasteiger partial charge is 0.444 e. The molecule has 5 heteroatoms. The summed E-state index contributed by atoms with van der Waals surface area (Å²) in [6, 6.07) is 0. The third kappa shape index (κ3) is 3.06. The summed E-state index contributed by atoms with van der Waals surface area (Å²) in [6.45, 7) is 6.83. The van der Waals surface area contributed by atoms with Crippen LogP contribution in [0.1, 0.15) is 20.8 Å². The van der Waals surface area contributed by atoms with Crippen LogP contribution in [0.4, 0.5) is 4.79 Å². The number of thioether (sulfide) groups is 1. The Morgan fingerprint density at radius 1 is 1.64 bits per heavy atom. The van der Waals surface area contributed by atoms with E-state index in [9.17, 15) is 4.79 Å². The van der Waals surface area contributed by atoms with Crippen molar-refractivity contribution in [2.45, 2.75) is 31.7 Å². The van der Waals surface area contributed by atoms with E-state index in [1.807, 2.05) is 20.8 Å². The van der Waals surface area contributed by atoms with Gasteiger partial charge in [-0.1, -0.05) is 0 Å². The van der Waals surface area contributed by atoms with E-state index < -0.39 is 5.60 Å². The van der Waals surface area contributed by atoms with Crippen LogP contribution in [0.15, 0.2) is 0 Å². The summed E-state index contributed by atoms with van der Waals surface area (Å²) in [7, 11) is 0. The monoisotopic (exact) mass is 218 g/mol. The van der Waals surface area contributed by atoms with E-state index in [2.05, 4.69) is 0 Å². The molecule has 2 N–H and O–H groups in total. The average Bonchev–Trinajstić information content (AvgIpc) is 2.47. The standard InChI is InChI=1S/C9H18N2O2S/c1-9(2,3)13-8(12)11-4-5-14-7(11)6-10/h7H,4-6,10H2,1-3H3. The summed E-state index contributed by atoms with van der Waals surface area (Å²) in [4.78, 5) is 13.4. The Morgan fingerprint density at radius 2 is 2.29 bits per heavy atom. The Hall–Kier alpha value is -0.420. The van der Waals surface area contributed by atoms with Crippen LogP contribution in [0.25, 0.3) is 0 Å². The molecule has 4 nitrogen and oxygen atoms in total. The van der Waals surface area contributed by atoms with E-state index >= 15 is 0 Å². The molecule has 0 bridgehead atoms. The summed E-state index contributed by atoms with van der Waals surface area (Å²) < 4.78 is 5.27. The van der Waals surface area contributed by atoms with Crippen molar-refractivity contribution in [1.29, 1.82) is 0 Å². The lowest BCUT2D eigenvalue weighted by Crippen LogP contribution is -2.42. The average molecular weight is 218 g/mol. The van der Waals surface area contributed by atoms with Gasteiger partial charge >= 0.3 is 6.09 Å². The van der Waals surface area contributed by atoms with Gasteiger partial charge in [0.15, 0.2) is 0 Å². The second-order valence-corrected chi connectivity index (χ2v) is 5.52. The minimum atomic E-state index is -0.427. The maximum Gasteiger partial charge on any atom is 0.411 e. The van der Waals surface area contributed by atoms with Gasteiger partial charge in [0.1, 0.15) is 5.60 Å². The van der Waals surface area contributed by atoms with Crippen molar-refractivity contribution in [2.75, 3.05) is 18.8 Å². The molecule has 1 aliphatic rings. The van der Waals surface area contributed by atoms with E-state index in [1.54, 1.807) is 16.7 Å². The molecule has 1 atom stereocenters. The SMILES string of the molecule is CC(C)(C)OC(=O)N1CCSC1CN. The third-order valence-electron chi connectivity index (χ3n) is 1.82. The second kappa shape index (κ2) is 4.40. The van der Waals surface area contributed by atoms with Crippen molar-refractivity contribution < 1.29 is 9.53 Å². The number of carbonyl (C=O) groups excluding carboxylic acids is 1. The maximum atomic E-state index is 11.7. The fourth-order valence-corrected chi connectivity index (χ4v) is 2.33. The number of hydrogen-bond acceptors (Lipinski definition) is 4. The van der Waals surface area contributed by atoms with Crippen molar-refractivity contribution in [3.05, 3.63) is 0 Å². The molecule has 82 valence electrons. The Bertz CT molecular complexity index is 215. The Labute approximate surface area is 89.2 Å². The highest BCUT2D eigenvalue weighted by molar-refractivity contribution is 8.00. The number of rotatable bonds is 1. The number of hydrogen-bond donors (Lipinski definition) is 1. The zero-order chi connectivity index (χ0) is 10.8. The topological polar surface area (TPSA) is 55.6 Å². The first kappa shape index (κ1) is 11.7. The van der Waals surface area contributed by atoms with Gasteiger partial charge < -0.3 is 10.5 Å². The first-order valence-electron chi connectivity index (χ1n) is 4.75. The highest BCUT2D eigenvalue weighted by atomic mass is 32.2. The molecule has 1 heterocycles. The lowest BCUT2D eigenvalue weighted by Gasteiger charge is -2.27. The first-order valence-corrected chi connectivity index (χ1v) is 5.80. The van der Waals surface area contributed by atoms with E-state index in [0.717, 1.165) is 12.3 Å². The van der Waals surface area contributed by atoms with Crippen LogP contribution in [0, 0.1) is 0 Å². The number of nitrogens with two attached hydrogens (primary N) is 1. The van der Waals surface area contributed by atoms with Gasteiger partial charge in [-0.3, -0.25) is 4.90 Å². The van der Waals surface area contributed by atoms with Crippen LogP contribution >= 0.6 is 11.8 Å². The van der Waals surface area contributed by atoms with Crippen molar-refractivity contribution in [1.82, 2.24) is 4.90 Å². The Morgan fingerprint density at radius 3 is 2.79 bits per heavy atom. The molecular weight excluding hydrogens is 200 g/mol. The lowest BCUT2D eigenvalue weighted by atomic mass is 10.2. The fraction of sp³-hybridized carbons (Fsp3) is 0.889. The fourth-order valence-electron chi connectivity index (χ4n) is 1.25. The quantitative estimate of drug-likeness (QED) is 0.720. The van der Waals surface area contributed by atoms with E-state index in [4.69, 9.17) is 10.5 Å². The molecule has 1 saturated heterocycles. The van der Waals surface area contributed by atoms with Crippen LogP contribution in [0.3, 0.4) is 0 Å². The predicted molar refractivity (Wildman–Crippen MR) is 58.2 cm³/mol. The minimum absolute atomic E-state index is 0.0878. The van der Waals surface area contributed by atoms with Gasteiger partial charge in [0.2, 0.25) is 0 Å². The number of ether oxygens (including phenoxy) is 1. The first-order chi connectivity index (χ1) is 6.44. The van der Waals surface area contributed by atoms with Gasteiger partial charge in [-0.2, -0.15) is 0 Å². The highest BCUT2D eigenvalue weighted by Gasteiger charge is 2.31. The number of amides is 1. The van der Waals surface area contributed by atoms with Gasteiger partial charge in [0.05, 0.1) is 5.37 Å². The van der Waals surface area contributed by atoms with Crippen LogP contribution in [0.5, 0.6) is 0 Å². The van der Waals surface area contributed by atoms with Crippen molar-refractivity contribution in [3.63, 3.8) is 0 Å². The molecule has 1 fully saturated rings. The summed E-state index contributed by atoms with van der Waals surface area (Å²) >= 11 is 1.70. The van der Waals surface area contributed by atoms with Crippen molar-refractivity contribution in [3.8, 4) is 0 Å². The van der Waals surface area contributed by atoms with Gasteiger partial charge in [-0.05, 0) is 20.8 Å². The molecule has 0 aromatic carbocycles. The van der Waals surface area contributed by atoms with Crippen LogP contribution in [0.2, 0.25) is 0 Å². The van der Waals surface area contributed by atoms with Gasteiger partial charge in [-0.15, -0.1) is 11.8 Å². The second-order valence-electron chi connectivity index (χ2n) is 4.23. The van der Waals surface area contributed by atoms with Gasteiger partial charge in [0, 0.05) is 18.8 Å². The summed E-state index contributed by atoms with van der Waals surface area (Å²) in [5.41, 5.74) is 5.13. The van der Waals surface area contributed by atoms with E-state index in [0.29, 0.717) is 6.54 Å². The normalized spacial score (nSPS) is 22.6. The third-order valence-corrected chi connectivity index (χ3v) is 3.07. The molecule has 14 heavy (non-hydrogen) atoms. The molecule has 1 unspecified atom stereocenters. The van der Waals surface area contributed by atoms with Gasteiger partial charge in [-0.25, -0.2) is 4.79 Å². The van der Waals surface area contributed by atoms with Crippen molar-refractivity contribution in [2.24, 2.45) is 5.73 Å². The molecule has 0 aromatic rings. The summed E-state index contributed by atoms with van der Waals surface area (Å²) in [5, 5.41) is 0.0878. The zero-order valence-corrected chi connectivity index (χ0v) is 9.76. The predicted octanol–water partition coefficient (Wildman–Crippen LogP) is 1.26. The molecule has 0 saturated carbocycles. The molecule has 1 amide bonds.